The summed E-state index contributed by atoms with van der Waals surface area (Å²) in [6.45, 7) is 2.28. The zero-order valence-corrected chi connectivity index (χ0v) is 16.5. The highest BCUT2D eigenvalue weighted by Crippen LogP contribution is 2.53. The van der Waals surface area contributed by atoms with Gasteiger partial charge in [0.05, 0.1) is 25.3 Å². The second-order valence-electron chi connectivity index (χ2n) is 7.65. The molecule has 152 valence electrons. The molecule has 4 rings (SSSR count). The van der Waals surface area contributed by atoms with Crippen LogP contribution in [0.5, 0.6) is 5.75 Å². The first-order valence-corrected chi connectivity index (χ1v) is 9.66. The SMILES string of the molecule is COc1cccc(NC(=O)N2CC3(C2)[C@H](c2ccccc2)[C@H](CO)N3C(C)=O)c1. The number of aliphatic hydroxyl groups is 1. The van der Waals surface area contributed by atoms with Crippen molar-refractivity contribution in [2.75, 3.05) is 32.1 Å². The highest BCUT2D eigenvalue weighted by atomic mass is 16.5. The number of nitrogens with one attached hydrogen (secondary N) is 1. The Balaban J connectivity index is 1.51. The summed E-state index contributed by atoms with van der Waals surface area (Å²) in [6.07, 6.45) is 0. The van der Waals surface area contributed by atoms with E-state index in [2.05, 4.69) is 5.32 Å². The summed E-state index contributed by atoms with van der Waals surface area (Å²) in [6, 6.07) is 16.6. The van der Waals surface area contributed by atoms with E-state index in [9.17, 15) is 14.7 Å². The van der Waals surface area contributed by atoms with Crippen molar-refractivity contribution in [1.82, 2.24) is 9.80 Å². The van der Waals surface area contributed by atoms with E-state index in [0.29, 0.717) is 24.5 Å². The van der Waals surface area contributed by atoms with Gasteiger partial charge in [-0.1, -0.05) is 36.4 Å². The Bertz CT molecular complexity index is 911. The quantitative estimate of drug-likeness (QED) is 0.832. The molecule has 2 aromatic rings. The fourth-order valence-electron chi connectivity index (χ4n) is 4.84. The van der Waals surface area contributed by atoms with Crippen molar-refractivity contribution < 1.29 is 19.4 Å². The highest BCUT2D eigenvalue weighted by molar-refractivity contribution is 5.91. The summed E-state index contributed by atoms with van der Waals surface area (Å²) >= 11 is 0. The molecular formula is C22H25N3O4. The number of anilines is 1. The molecule has 7 heteroatoms. The van der Waals surface area contributed by atoms with Gasteiger partial charge in [0.2, 0.25) is 5.91 Å². The Labute approximate surface area is 169 Å². The summed E-state index contributed by atoms with van der Waals surface area (Å²) < 4.78 is 5.19. The van der Waals surface area contributed by atoms with E-state index in [4.69, 9.17) is 4.74 Å². The maximum atomic E-state index is 12.7. The molecule has 2 fully saturated rings. The Kier molecular flexibility index (Phi) is 4.92. The van der Waals surface area contributed by atoms with Gasteiger partial charge in [0.15, 0.2) is 0 Å². The Morgan fingerprint density at radius 3 is 2.52 bits per heavy atom. The zero-order valence-electron chi connectivity index (χ0n) is 16.5. The number of urea groups is 1. The molecule has 2 atom stereocenters. The summed E-state index contributed by atoms with van der Waals surface area (Å²) in [7, 11) is 1.58. The van der Waals surface area contributed by atoms with E-state index >= 15 is 0 Å². The number of carbonyl (C=O) groups is 2. The fraction of sp³-hybridized carbons (Fsp3) is 0.364. The molecule has 2 aliphatic rings. The van der Waals surface area contributed by atoms with Crippen LogP contribution in [-0.4, -0.2) is 65.2 Å². The van der Waals surface area contributed by atoms with Crippen molar-refractivity contribution in [2.45, 2.75) is 24.4 Å². The van der Waals surface area contributed by atoms with Gasteiger partial charge in [-0.2, -0.15) is 0 Å². The van der Waals surface area contributed by atoms with Crippen molar-refractivity contribution in [3.8, 4) is 5.75 Å². The monoisotopic (exact) mass is 395 g/mol. The van der Waals surface area contributed by atoms with Crippen LogP contribution in [0, 0.1) is 0 Å². The second-order valence-corrected chi connectivity index (χ2v) is 7.65. The maximum Gasteiger partial charge on any atom is 0.322 e. The molecule has 7 nitrogen and oxygen atoms in total. The average Bonchev–Trinajstić information content (AvgIpc) is 2.67. The third kappa shape index (κ3) is 3.11. The van der Waals surface area contributed by atoms with E-state index < -0.39 is 5.54 Å². The summed E-state index contributed by atoms with van der Waals surface area (Å²) in [5.74, 6) is 0.585. The molecule has 2 heterocycles. The summed E-state index contributed by atoms with van der Waals surface area (Å²) in [5, 5.41) is 12.8. The number of ether oxygens (including phenoxy) is 1. The van der Waals surface area contributed by atoms with Gasteiger partial charge in [0.25, 0.3) is 0 Å². The molecule has 1 spiro atoms. The summed E-state index contributed by atoms with van der Waals surface area (Å²) in [4.78, 5) is 28.5. The molecule has 2 aromatic carbocycles. The first kappa shape index (κ1) is 19.3. The minimum Gasteiger partial charge on any atom is -0.497 e. The molecule has 3 amide bonds. The predicted molar refractivity (Wildman–Crippen MR) is 109 cm³/mol. The van der Waals surface area contributed by atoms with Crippen LogP contribution in [0.4, 0.5) is 10.5 Å². The number of nitrogens with zero attached hydrogens (tertiary/aromatic N) is 2. The van der Waals surface area contributed by atoms with Crippen LogP contribution < -0.4 is 10.1 Å². The molecule has 2 saturated heterocycles. The molecule has 0 bridgehead atoms. The molecule has 2 N–H and O–H groups in total. The molecule has 2 aliphatic heterocycles. The second kappa shape index (κ2) is 7.40. The predicted octanol–water partition coefficient (Wildman–Crippen LogP) is 2.29. The summed E-state index contributed by atoms with van der Waals surface area (Å²) in [5.41, 5.74) is 1.27. The van der Waals surface area contributed by atoms with Crippen LogP contribution in [0.3, 0.4) is 0 Å². The highest BCUT2D eigenvalue weighted by Gasteiger charge is 2.67. The van der Waals surface area contributed by atoms with Crippen molar-refractivity contribution >= 4 is 17.6 Å². The van der Waals surface area contributed by atoms with Gasteiger partial charge in [0.1, 0.15) is 5.75 Å². The van der Waals surface area contributed by atoms with Crippen molar-refractivity contribution in [3.05, 3.63) is 60.2 Å². The number of hydrogen-bond acceptors (Lipinski definition) is 4. The lowest BCUT2D eigenvalue weighted by molar-refractivity contribution is -0.190. The normalized spacial score (nSPS) is 21.9. The molecule has 0 aromatic heterocycles. The fourth-order valence-corrected chi connectivity index (χ4v) is 4.84. The standard InChI is InChI=1S/C22H25N3O4/c1-15(27)25-19(12-26)20(16-7-4-3-5-8-16)22(25)13-24(14-22)21(28)23-17-9-6-10-18(11-17)29-2/h3-11,19-20,26H,12-14H2,1-2H3,(H,23,28)/t19-,20+/m0/s1. The van der Waals surface area contributed by atoms with E-state index in [1.54, 1.807) is 29.0 Å². The van der Waals surface area contributed by atoms with Gasteiger partial charge >= 0.3 is 6.03 Å². The lowest BCUT2D eigenvalue weighted by Gasteiger charge is -2.70. The topological polar surface area (TPSA) is 82.1 Å². The number of carbonyl (C=O) groups excluding carboxylic acids is 2. The van der Waals surface area contributed by atoms with Crippen LogP contribution >= 0.6 is 0 Å². The third-order valence-electron chi connectivity index (χ3n) is 6.00. The van der Waals surface area contributed by atoms with Gasteiger partial charge in [-0.05, 0) is 17.7 Å². The lowest BCUT2D eigenvalue weighted by Crippen LogP contribution is -2.86. The van der Waals surface area contributed by atoms with Crippen LogP contribution in [0.25, 0.3) is 0 Å². The van der Waals surface area contributed by atoms with Gasteiger partial charge < -0.3 is 25.0 Å². The Morgan fingerprint density at radius 2 is 1.90 bits per heavy atom. The van der Waals surface area contributed by atoms with Crippen molar-refractivity contribution in [3.63, 3.8) is 0 Å². The van der Waals surface area contributed by atoms with Gasteiger partial charge in [-0.3, -0.25) is 4.79 Å². The number of methoxy groups -OCH3 is 1. The molecule has 0 saturated carbocycles. The molecule has 0 unspecified atom stereocenters. The molecule has 29 heavy (non-hydrogen) atoms. The van der Waals surface area contributed by atoms with Crippen molar-refractivity contribution in [1.29, 1.82) is 0 Å². The minimum absolute atomic E-state index is 0.00142. The number of amides is 3. The van der Waals surface area contributed by atoms with E-state index in [1.165, 1.54) is 6.92 Å². The largest absolute Gasteiger partial charge is 0.497 e. The Hall–Kier alpha value is -3.06. The third-order valence-corrected chi connectivity index (χ3v) is 6.00. The first-order valence-electron chi connectivity index (χ1n) is 9.66. The van der Waals surface area contributed by atoms with Crippen LogP contribution in [0.1, 0.15) is 18.4 Å². The Morgan fingerprint density at radius 1 is 1.17 bits per heavy atom. The van der Waals surface area contributed by atoms with Crippen LogP contribution in [0.2, 0.25) is 0 Å². The van der Waals surface area contributed by atoms with E-state index in [0.717, 1.165) is 5.56 Å². The molecule has 0 aliphatic carbocycles. The van der Waals surface area contributed by atoms with Crippen LogP contribution in [0.15, 0.2) is 54.6 Å². The minimum atomic E-state index is -0.466. The smallest absolute Gasteiger partial charge is 0.322 e. The van der Waals surface area contributed by atoms with Gasteiger partial charge in [0, 0.05) is 37.7 Å². The number of benzene rings is 2. The van der Waals surface area contributed by atoms with E-state index in [1.807, 2.05) is 42.5 Å². The molecular weight excluding hydrogens is 370 g/mol. The average molecular weight is 395 g/mol. The number of likely N-dealkylation sites (tertiary alicyclic amines) is 2. The number of rotatable bonds is 4. The van der Waals surface area contributed by atoms with E-state index in [-0.39, 0.29) is 30.5 Å². The number of hydrogen-bond donors (Lipinski definition) is 2. The maximum absolute atomic E-state index is 12.7. The number of aliphatic hydroxyl groups excluding tert-OH is 1. The van der Waals surface area contributed by atoms with Gasteiger partial charge in [-0.25, -0.2) is 4.79 Å². The molecule has 0 radical (unpaired) electrons. The zero-order chi connectivity index (χ0) is 20.6. The lowest BCUT2D eigenvalue weighted by atomic mass is 9.60. The van der Waals surface area contributed by atoms with Gasteiger partial charge in [-0.15, -0.1) is 0 Å². The first-order chi connectivity index (χ1) is 14.0. The van der Waals surface area contributed by atoms with Crippen molar-refractivity contribution in [2.24, 2.45) is 0 Å². The van der Waals surface area contributed by atoms with Crippen LogP contribution in [-0.2, 0) is 4.79 Å².